The van der Waals surface area contributed by atoms with Gasteiger partial charge in [0, 0.05) is 32.9 Å². The Morgan fingerprint density at radius 3 is 2.31 bits per heavy atom. The number of aryl methyl sites for hydroxylation is 1. The van der Waals surface area contributed by atoms with Crippen LogP contribution in [0.5, 0.6) is 0 Å². The minimum Gasteiger partial charge on any atom is -0.325 e. The Hall–Kier alpha value is -2.16. The molecule has 0 saturated heterocycles. The molecule has 3 aromatic carbocycles. The highest BCUT2D eigenvalue weighted by Crippen LogP contribution is 2.26. The van der Waals surface area contributed by atoms with E-state index in [0.717, 1.165) is 9.87 Å². The van der Waals surface area contributed by atoms with Crippen molar-refractivity contribution in [3.63, 3.8) is 0 Å². The van der Waals surface area contributed by atoms with Crippen LogP contribution >= 0.6 is 34.8 Å². The SMILES string of the molecule is Cc1ccc(NC(=O)CN(Cc2c(F)cccc2Cl)S(=O)(=O)c2ccc(Cl)cc2)cc1Cl. The molecule has 0 aromatic heterocycles. The molecule has 10 heteroatoms. The Bertz CT molecular complexity index is 1230. The zero-order valence-corrected chi connectivity index (χ0v) is 19.9. The molecular formula is C22H18Cl3FN2O3S. The standard InChI is InChI=1S/C22H18Cl3FN2O3S/c1-14-5-8-16(11-20(14)25)27-22(29)13-28(12-18-19(24)3-2-4-21(18)26)32(30,31)17-9-6-15(23)7-10-17/h2-11H,12-13H2,1H3,(H,27,29). The molecule has 0 atom stereocenters. The van der Waals surface area contributed by atoms with E-state index in [4.69, 9.17) is 34.8 Å². The van der Waals surface area contributed by atoms with Crippen molar-refractivity contribution >= 4 is 56.4 Å². The van der Waals surface area contributed by atoms with E-state index in [2.05, 4.69) is 5.32 Å². The van der Waals surface area contributed by atoms with Crippen LogP contribution in [0.3, 0.4) is 0 Å². The lowest BCUT2D eigenvalue weighted by molar-refractivity contribution is -0.116. The quantitative estimate of drug-likeness (QED) is 0.424. The topological polar surface area (TPSA) is 66.5 Å². The van der Waals surface area contributed by atoms with E-state index in [1.54, 1.807) is 18.2 Å². The molecule has 3 aromatic rings. The second-order valence-corrected chi connectivity index (χ2v) is 10.1. The smallest absolute Gasteiger partial charge is 0.243 e. The van der Waals surface area contributed by atoms with Gasteiger partial charge in [-0.2, -0.15) is 4.31 Å². The van der Waals surface area contributed by atoms with Gasteiger partial charge >= 0.3 is 0 Å². The Labute approximate surface area is 200 Å². The summed E-state index contributed by atoms with van der Waals surface area (Å²) in [7, 11) is -4.19. The zero-order chi connectivity index (χ0) is 23.5. The number of sulfonamides is 1. The Morgan fingerprint density at radius 1 is 1.00 bits per heavy atom. The molecule has 3 rings (SSSR count). The van der Waals surface area contributed by atoms with Gasteiger partial charge in [-0.25, -0.2) is 12.8 Å². The lowest BCUT2D eigenvalue weighted by Gasteiger charge is -2.23. The third-order valence-electron chi connectivity index (χ3n) is 4.62. The van der Waals surface area contributed by atoms with Gasteiger partial charge in [0.25, 0.3) is 0 Å². The highest BCUT2D eigenvalue weighted by Gasteiger charge is 2.28. The number of amides is 1. The summed E-state index contributed by atoms with van der Waals surface area (Å²) < 4.78 is 41.8. The summed E-state index contributed by atoms with van der Waals surface area (Å²) in [5, 5.41) is 3.46. The van der Waals surface area contributed by atoms with Gasteiger partial charge < -0.3 is 5.32 Å². The number of nitrogens with zero attached hydrogens (tertiary/aromatic N) is 1. The Balaban J connectivity index is 1.93. The van der Waals surface area contributed by atoms with Crippen LogP contribution in [0.4, 0.5) is 10.1 Å². The van der Waals surface area contributed by atoms with E-state index in [1.807, 2.05) is 6.92 Å². The van der Waals surface area contributed by atoms with E-state index < -0.39 is 34.8 Å². The van der Waals surface area contributed by atoms with Gasteiger partial charge in [-0.3, -0.25) is 4.79 Å². The molecule has 0 bridgehead atoms. The second-order valence-electron chi connectivity index (χ2n) is 6.94. The van der Waals surface area contributed by atoms with Gasteiger partial charge in [0.05, 0.1) is 11.4 Å². The minimum absolute atomic E-state index is 0.0436. The van der Waals surface area contributed by atoms with E-state index in [0.29, 0.717) is 15.7 Å². The molecule has 5 nitrogen and oxygen atoms in total. The lowest BCUT2D eigenvalue weighted by atomic mass is 10.2. The number of carbonyl (C=O) groups excluding carboxylic acids is 1. The molecule has 0 unspecified atom stereocenters. The predicted molar refractivity (Wildman–Crippen MR) is 125 cm³/mol. The van der Waals surface area contributed by atoms with Crippen LogP contribution in [0.25, 0.3) is 0 Å². The van der Waals surface area contributed by atoms with Crippen molar-refractivity contribution in [2.24, 2.45) is 0 Å². The van der Waals surface area contributed by atoms with E-state index in [9.17, 15) is 17.6 Å². The molecule has 0 radical (unpaired) electrons. The summed E-state index contributed by atoms with van der Waals surface area (Å²) in [6.07, 6.45) is 0. The summed E-state index contributed by atoms with van der Waals surface area (Å²) in [5.74, 6) is -1.31. The molecular weight excluding hydrogens is 498 g/mol. The maximum atomic E-state index is 14.4. The number of benzene rings is 3. The average molecular weight is 516 g/mol. The van der Waals surface area contributed by atoms with Crippen LogP contribution in [0.1, 0.15) is 11.1 Å². The fourth-order valence-corrected chi connectivity index (χ4v) is 4.77. The summed E-state index contributed by atoms with van der Waals surface area (Å²) in [4.78, 5) is 12.6. The molecule has 0 heterocycles. The summed E-state index contributed by atoms with van der Waals surface area (Å²) in [6.45, 7) is 0.784. The van der Waals surface area contributed by atoms with E-state index >= 15 is 0 Å². The third-order valence-corrected chi connectivity index (χ3v) is 7.44. The molecule has 0 aliphatic heterocycles. The van der Waals surface area contributed by atoms with Gasteiger partial charge in [0.1, 0.15) is 5.82 Å². The first kappa shape index (κ1) is 24.5. The summed E-state index contributed by atoms with van der Waals surface area (Å²) in [5.41, 5.74) is 1.18. The van der Waals surface area contributed by atoms with Crippen LogP contribution in [0.15, 0.2) is 65.6 Å². The molecule has 0 aliphatic carbocycles. The van der Waals surface area contributed by atoms with Crippen molar-refractivity contribution in [2.45, 2.75) is 18.4 Å². The molecule has 0 aliphatic rings. The minimum atomic E-state index is -4.19. The van der Waals surface area contributed by atoms with E-state index in [1.165, 1.54) is 42.5 Å². The maximum absolute atomic E-state index is 14.4. The van der Waals surface area contributed by atoms with Crippen LogP contribution in [0.2, 0.25) is 15.1 Å². The highest BCUT2D eigenvalue weighted by molar-refractivity contribution is 7.89. The lowest BCUT2D eigenvalue weighted by Crippen LogP contribution is -2.37. The summed E-state index contributed by atoms with van der Waals surface area (Å²) in [6, 6.07) is 14.4. The van der Waals surface area contributed by atoms with Crippen LogP contribution in [-0.4, -0.2) is 25.2 Å². The fourth-order valence-electron chi connectivity index (χ4n) is 2.87. The number of nitrogens with one attached hydrogen (secondary N) is 1. The summed E-state index contributed by atoms with van der Waals surface area (Å²) >= 11 is 18.0. The van der Waals surface area contributed by atoms with Gasteiger partial charge in [-0.15, -0.1) is 0 Å². The van der Waals surface area contributed by atoms with Crippen molar-refractivity contribution in [1.82, 2.24) is 4.31 Å². The molecule has 32 heavy (non-hydrogen) atoms. The molecule has 0 fully saturated rings. The van der Waals surface area contributed by atoms with Crippen molar-refractivity contribution in [3.05, 3.63) is 92.7 Å². The number of carbonyl (C=O) groups is 1. The number of hydrogen-bond acceptors (Lipinski definition) is 3. The van der Waals surface area contributed by atoms with Gasteiger partial charge in [0.2, 0.25) is 15.9 Å². The van der Waals surface area contributed by atoms with Crippen molar-refractivity contribution in [2.75, 3.05) is 11.9 Å². The number of rotatable bonds is 7. The average Bonchev–Trinajstić information content (AvgIpc) is 2.73. The Morgan fingerprint density at radius 2 is 1.69 bits per heavy atom. The van der Waals surface area contributed by atoms with Crippen molar-refractivity contribution in [3.8, 4) is 0 Å². The van der Waals surface area contributed by atoms with Crippen LogP contribution in [-0.2, 0) is 21.4 Å². The monoisotopic (exact) mass is 514 g/mol. The molecule has 1 amide bonds. The molecule has 0 spiro atoms. The first-order valence-corrected chi connectivity index (χ1v) is 11.9. The van der Waals surface area contributed by atoms with Gasteiger partial charge in [0.15, 0.2) is 0 Å². The molecule has 1 N–H and O–H groups in total. The van der Waals surface area contributed by atoms with Crippen molar-refractivity contribution < 1.29 is 17.6 Å². The second kappa shape index (κ2) is 10.2. The normalized spacial score (nSPS) is 11.6. The number of anilines is 1. The van der Waals surface area contributed by atoms with Gasteiger partial charge in [-0.05, 0) is 61.0 Å². The Kier molecular flexibility index (Phi) is 7.79. The van der Waals surface area contributed by atoms with Crippen LogP contribution < -0.4 is 5.32 Å². The predicted octanol–water partition coefficient (Wildman–Crippen LogP) is 5.92. The fraction of sp³-hybridized carbons (Fsp3) is 0.136. The van der Waals surface area contributed by atoms with Crippen LogP contribution in [0, 0.1) is 12.7 Å². The number of hydrogen-bond donors (Lipinski definition) is 1. The van der Waals surface area contributed by atoms with E-state index in [-0.39, 0.29) is 15.5 Å². The van der Waals surface area contributed by atoms with Gasteiger partial charge in [-0.1, -0.05) is 46.9 Å². The molecule has 0 saturated carbocycles. The first-order chi connectivity index (χ1) is 15.1. The highest BCUT2D eigenvalue weighted by atomic mass is 35.5. The maximum Gasteiger partial charge on any atom is 0.243 e. The first-order valence-electron chi connectivity index (χ1n) is 9.32. The largest absolute Gasteiger partial charge is 0.325 e. The molecule has 168 valence electrons. The van der Waals surface area contributed by atoms with Crippen molar-refractivity contribution in [1.29, 1.82) is 0 Å². The third kappa shape index (κ3) is 5.79. The number of halogens is 4. The zero-order valence-electron chi connectivity index (χ0n) is 16.8.